The van der Waals surface area contributed by atoms with Crippen molar-refractivity contribution in [3.63, 3.8) is 0 Å². The van der Waals surface area contributed by atoms with E-state index in [4.69, 9.17) is 5.73 Å². The Morgan fingerprint density at radius 1 is 1.31 bits per heavy atom. The number of nitrogens with zero attached hydrogens (tertiary/aromatic N) is 1. The van der Waals surface area contributed by atoms with Crippen molar-refractivity contribution in [1.29, 1.82) is 0 Å². The molecule has 13 heavy (non-hydrogen) atoms. The van der Waals surface area contributed by atoms with Crippen molar-refractivity contribution in [3.05, 3.63) is 35.9 Å². The lowest BCUT2D eigenvalue weighted by Crippen LogP contribution is -2.21. The maximum atomic E-state index is 11.0. The quantitative estimate of drug-likeness (QED) is 0.722. The molecule has 0 saturated heterocycles. The zero-order valence-corrected chi connectivity index (χ0v) is 7.62. The molecule has 1 aromatic carbocycles. The summed E-state index contributed by atoms with van der Waals surface area (Å²) in [5, 5.41) is 0.202. The fourth-order valence-corrected chi connectivity index (χ4v) is 1.88. The van der Waals surface area contributed by atoms with Crippen LogP contribution in [0, 0.1) is 0 Å². The molecule has 1 atom stereocenters. The molecule has 1 aliphatic heterocycles. The topological polar surface area (TPSA) is 55.4 Å². The van der Waals surface area contributed by atoms with Gasteiger partial charge in [0.05, 0.1) is 0 Å². The molecule has 2 rings (SSSR count). The molecule has 66 valence electrons. The van der Waals surface area contributed by atoms with Gasteiger partial charge in [-0.05, 0) is 0 Å². The number of aliphatic imine (C=N–C) groups is 1. The Morgan fingerprint density at radius 2 is 2.00 bits per heavy atom. The highest BCUT2D eigenvalue weighted by atomic mass is 32.2. The van der Waals surface area contributed by atoms with Crippen molar-refractivity contribution in [2.45, 2.75) is 5.37 Å². The number of hydrogen-bond acceptors (Lipinski definition) is 3. The normalized spacial score (nSPS) is 21.8. The van der Waals surface area contributed by atoms with Crippen molar-refractivity contribution in [2.24, 2.45) is 10.7 Å². The average molecular weight is 192 g/mol. The van der Waals surface area contributed by atoms with Gasteiger partial charge in [0, 0.05) is 5.56 Å². The molecule has 3 nitrogen and oxygen atoms in total. The molecule has 0 spiro atoms. The van der Waals surface area contributed by atoms with Gasteiger partial charge in [-0.3, -0.25) is 4.79 Å². The Bertz CT molecular complexity index is 361. The van der Waals surface area contributed by atoms with E-state index in [1.165, 1.54) is 11.8 Å². The van der Waals surface area contributed by atoms with Gasteiger partial charge in [-0.2, -0.15) is 0 Å². The van der Waals surface area contributed by atoms with Crippen LogP contribution in [0.5, 0.6) is 0 Å². The van der Waals surface area contributed by atoms with Crippen LogP contribution in [-0.2, 0) is 4.79 Å². The molecule has 4 heteroatoms. The molecule has 0 bridgehead atoms. The minimum Gasteiger partial charge on any atom is -0.311 e. The first-order valence-corrected chi connectivity index (χ1v) is 4.75. The van der Waals surface area contributed by atoms with Crippen LogP contribution < -0.4 is 5.73 Å². The Hall–Kier alpha value is -1.13. The summed E-state index contributed by atoms with van der Waals surface area (Å²) in [5.74, 6) is -0.246. The Balaban J connectivity index is 2.30. The summed E-state index contributed by atoms with van der Waals surface area (Å²) in [6.07, 6.45) is 0. The Labute approximate surface area is 80.0 Å². The predicted octanol–water partition coefficient (Wildman–Crippen LogP) is 0.991. The van der Waals surface area contributed by atoms with Crippen LogP contribution in [-0.4, -0.2) is 16.3 Å². The molecule has 1 aromatic rings. The van der Waals surface area contributed by atoms with E-state index in [1.807, 2.05) is 30.3 Å². The molecule has 0 fully saturated rings. The van der Waals surface area contributed by atoms with Gasteiger partial charge in [-0.25, -0.2) is 4.99 Å². The second-order valence-electron chi connectivity index (χ2n) is 2.66. The Kier molecular flexibility index (Phi) is 2.16. The van der Waals surface area contributed by atoms with E-state index in [2.05, 4.69) is 4.99 Å². The number of thioether (sulfide) groups is 1. The second-order valence-corrected chi connectivity index (χ2v) is 3.79. The summed E-state index contributed by atoms with van der Waals surface area (Å²) in [4.78, 5) is 14.9. The van der Waals surface area contributed by atoms with Gasteiger partial charge in [-0.1, -0.05) is 42.1 Å². The van der Waals surface area contributed by atoms with Crippen molar-refractivity contribution >= 4 is 22.7 Å². The van der Waals surface area contributed by atoms with E-state index in [0.29, 0.717) is 0 Å². The third-order valence-electron chi connectivity index (χ3n) is 1.71. The SMILES string of the molecule is NC1SC(c2ccccc2)=NC1=O. The molecular weight excluding hydrogens is 184 g/mol. The van der Waals surface area contributed by atoms with Crippen LogP contribution in [0.25, 0.3) is 0 Å². The molecule has 1 amide bonds. The zero-order chi connectivity index (χ0) is 9.26. The van der Waals surface area contributed by atoms with Gasteiger partial charge in [-0.15, -0.1) is 0 Å². The molecule has 0 aromatic heterocycles. The fourth-order valence-electron chi connectivity index (χ4n) is 1.07. The van der Waals surface area contributed by atoms with Crippen LogP contribution in [0.3, 0.4) is 0 Å². The third kappa shape index (κ3) is 1.64. The lowest BCUT2D eigenvalue weighted by Gasteiger charge is -1.98. The smallest absolute Gasteiger partial charge is 0.274 e. The maximum Gasteiger partial charge on any atom is 0.274 e. The van der Waals surface area contributed by atoms with Gasteiger partial charge in [0.25, 0.3) is 5.91 Å². The monoisotopic (exact) mass is 192 g/mol. The predicted molar refractivity (Wildman–Crippen MR) is 53.6 cm³/mol. The van der Waals surface area contributed by atoms with E-state index in [9.17, 15) is 4.79 Å². The number of amides is 1. The summed E-state index contributed by atoms with van der Waals surface area (Å²) in [5.41, 5.74) is 6.46. The largest absolute Gasteiger partial charge is 0.311 e. The third-order valence-corrected chi connectivity index (χ3v) is 2.72. The van der Waals surface area contributed by atoms with E-state index < -0.39 is 5.37 Å². The molecular formula is C9H8N2OS. The van der Waals surface area contributed by atoms with E-state index >= 15 is 0 Å². The number of carbonyl (C=O) groups is 1. The van der Waals surface area contributed by atoms with Crippen LogP contribution in [0.1, 0.15) is 5.56 Å². The highest BCUT2D eigenvalue weighted by molar-refractivity contribution is 8.16. The van der Waals surface area contributed by atoms with Crippen LogP contribution >= 0.6 is 11.8 Å². The van der Waals surface area contributed by atoms with E-state index in [0.717, 1.165) is 10.6 Å². The van der Waals surface area contributed by atoms with Crippen LogP contribution in [0.4, 0.5) is 0 Å². The zero-order valence-electron chi connectivity index (χ0n) is 6.81. The number of carbonyl (C=O) groups excluding carboxylic acids is 1. The van der Waals surface area contributed by atoms with Crippen molar-refractivity contribution in [3.8, 4) is 0 Å². The van der Waals surface area contributed by atoms with Gasteiger partial charge >= 0.3 is 0 Å². The van der Waals surface area contributed by atoms with Gasteiger partial charge in [0.2, 0.25) is 0 Å². The van der Waals surface area contributed by atoms with Gasteiger partial charge in [0.15, 0.2) is 0 Å². The Morgan fingerprint density at radius 3 is 2.54 bits per heavy atom. The molecule has 2 N–H and O–H groups in total. The minimum absolute atomic E-state index is 0.246. The molecule has 1 heterocycles. The van der Waals surface area contributed by atoms with Gasteiger partial charge in [0.1, 0.15) is 10.4 Å². The average Bonchev–Trinajstić information content (AvgIpc) is 2.49. The summed E-state index contributed by atoms with van der Waals surface area (Å²) >= 11 is 1.30. The maximum absolute atomic E-state index is 11.0. The first-order chi connectivity index (χ1) is 6.27. The van der Waals surface area contributed by atoms with Crippen LogP contribution in [0.15, 0.2) is 35.3 Å². The van der Waals surface area contributed by atoms with Crippen molar-refractivity contribution < 1.29 is 4.79 Å². The number of nitrogens with two attached hydrogens (primary N) is 1. The number of benzene rings is 1. The summed E-state index contributed by atoms with van der Waals surface area (Å²) in [6, 6.07) is 9.57. The highest BCUT2D eigenvalue weighted by Crippen LogP contribution is 2.23. The molecule has 0 aliphatic carbocycles. The molecule has 0 radical (unpaired) electrons. The summed E-state index contributed by atoms with van der Waals surface area (Å²) in [7, 11) is 0. The minimum atomic E-state index is -0.518. The van der Waals surface area contributed by atoms with E-state index in [1.54, 1.807) is 0 Å². The molecule has 0 saturated carbocycles. The first-order valence-electron chi connectivity index (χ1n) is 3.87. The first kappa shape index (κ1) is 8.47. The van der Waals surface area contributed by atoms with Crippen LogP contribution in [0.2, 0.25) is 0 Å². The fraction of sp³-hybridized carbons (Fsp3) is 0.111. The summed E-state index contributed by atoms with van der Waals surface area (Å²) < 4.78 is 0. The lowest BCUT2D eigenvalue weighted by atomic mass is 10.2. The van der Waals surface area contributed by atoms with Crippen molar-refractivity contribution in [1.82, 2.24) is 0 Å². The summed E-state index contributed by atoms with van der Waals surface area (Å²) in [6.45, 7) is 0. The van der Waals surface area contributed by atoms with Gasteiger partial charge < -0.3 is 5.73 Å². The molecule has 1 unspecified atom stereocenters. The molecule has 1 aliphatic rings. The number of rotatable bonds is 1. The van der Waals surface area contributed by atoms with E-state index in [-0.39, 0.29) is 5.91 Å². The highest BCUT2D eigenvalue weighted by Gasteiger charge is 2.24. The second kappa shape index (κ2) is 3.32. The van der Waals surface area contributed by atoms with Crippen molar-refractivity contribution in [2.75, 3.05) is 0 Å². The lowest BCUT2D eigenvalue weighted by molar-refractivity contribution is -0.117. The number of hydrogen-bond donors (Lipinski definition) is 1. The standard InChI is InChI=1S/C9H8N2OS/c10-7-8(12)11-9(13-7)6-4-2-1-3-5-6/h1-5,7H,10H2.